The number of carbonyl (C=O) groups is 1. The van der Waals surface area contributed by atoms with Gasteiger partial charge in [-0.1, -0.05) is 29.8 Å². The molecule has 0 saturated carbocycles. The van der Waals surface area contributed by atoms with Gasteiger partial charge in [0.25, 0.3) is 15.6 Å². The molecule has 0 radical (unpaired) electrons. The Bertz CT molecular complexity index is 1500. The molecule has 0 bridgehead atoms. The minimum absolute atomic E-state index is 0.0205. The van der Waals surface area contributed by atoms with E-state index in [9.17, 15) is 44.7 Å². The second-order valence-electron chi connectivity index (χ2n) is 9.69. The second-order valence-corrected chi connectivity index (χ2v) is 11.5. The molecule has 1 aromatic heterocycles. The fourth-order valence-corrected chi connectivity index (χ4v) is 6.38. The number of amides is 1. The van der Waals surface area contributed by atoms with Crippen molar-refractivity contribution >= 4 is 21.6 Å². The Morgan fingerprint density at radius 1 is 1.00 bits per heavy atom. The highest BCUT2D eigenvalue weighted by molar-refractivity contribution is 7.92. The summed E-state index contributed by atoms with van der Waals surface area (Å²) >= 11 is 0. The number of carbonyl (C=O) groups excluding carboxylic acids is 1. The predicted octanol–water partition coefficient (Wildman–Crippen LogP) is 4.57. The van der Waals surface area contributed by atoms with Crippen molar-refractivity contribution in [3.63, 3.8) is 0 Å². The maximum atomic E-state index is 13.8. The highest BCUT2D eigenvalue weighted by atomic mass is 32.2. The zero-order chi connectivity index (χ0) is 30.2. The first-order valence-electron chi connectivity index (χ1n) is 12.3. The van der Waals surface area contributed by atoms with Crippen molar-refractivity contribution in [3.05, 3.63) is 89.2 Å². The molecule has 3 aromatic rings. The Morgan fingerprint density at radius 3 is 2.20 bits per heavy atom. The molecule has 41 heavy (non-hydrogen) atoms. The Kier molecular flexibility index (Phi) is 8.11. The van der Waals surface area contributed by atoms with Crippen LogP contribution in [0.1, 0.15) is 28.7 Å². The summed E-state index contributed by atoms with van der Waals surface area (Å²) in [7, 11) is -4.39. The van der Waals surface area contributed by atoms with E-state index in [4.69, 9.17) is 0 Å². The summed E-state index contributed by atoms with van der Waals surface area (Å²) in [5.41, 5.74) is -5.51. The van der Waals surface area contributed by atoms with Gasteiger partial charge < -0.3 is 10.4 Å². The zero-order valence-electron chi connectivity index (χ0n) is 21.5. The SMILES string of the molecule is Cc1ccc(S(=O)(=O)N2c3ccc(C(O)(C(F)(F)F)C(F)(F)F)cc3CC[C@H]2CNC(=O)Cc2ccncc2)cc1. The number of fused-ring (bicyclic) bond motifs is 1. The van der Waals surface area contributed by atoms with E-state index in [1.165, 1.54) is 24.5 Å². The minimum atomic E-state index is -6.09. The molecule has 2 N–H and O–H groups in total. The van der Waals surface area contributed by atoms with Crippen LogP contribution < -0.4 is 9.62 Å². The summed E-state index contributed by atoms with van der Waals surface area (Å²) in [6, 6.07) is 9.87. The number of sulfonamides is 1. The molecule has 2 aromatic carbocycles. The van der Waals surface area contributed by atoms with Crippen LogP contribution in [0.15, 0.2) is 71.9 Å². The van der Waals surface area contributed by atoms with Gasteiger partial charge in [-0.15, -0.1) is 0 Å². The first kappa shape index (κ1) is 30.3. The number of hydrogen-bond donors (Lipinski definition) is 2. The lowest BCUT2D eigenvalue weighted by Crippen LogP contribution is -2.54. The minimum Gasteiger partial charge on any atom is -0.369 e. The lowest BCUT2D eigenvalue weighted by atomic mass is 9.88. The molecule has 1 aliphatic heterocycles. The van der Waals surface area contributed by atoms with Crippen molar-refractivity contribution in [1.29, 1.82) is 0 Å². The van der Waals surface area contributed by atoms with Gasteiger partial charge in [-0.2, -0.15) is 26.3 Å². The molecule has 4 rings (SSSR count). The van der Waals surface area contributed by atoms with Crippen LogP contribution in [-0.4, -0.2) is 49.4 Å². The van der Waals surface area contributed by atoms with Crippen LogP contribution in [0.25, 0.3) is 0 Å². The average Bonchev–Trinajstić information content (AvgIpc) is 2.90. The van der Waals surface area contributed by atoms with Crippen LogP contribution in [0.3, 0.4) is 0 Å². The lowest BCUT2D eigenvalue weighted by molar-refractivity contribution is -0.376. The molecule has 0 aliphatic carbocycles. The van der Waals surface area contributed by atoms with Crippen molar-refractivity contribution < 1.29 is 44.7 Å². The molecule has 0 spiro atoms. The van der Waals surface area contributed by atoms with Crippen LogP contribution in [0, 0.1) is 6.92 Å². The predicted molar refractivity (Wildman–Crippen MR) is 136 cm³/mol. The number of pyridine rings is 1. The number of aliphatic hydroxyl groups is 1. The zero-order valence-corrected chi connectivity index (χ0v) is 22.3. The van der Waals surface area contributed by atoms with Crippen LogP contribution in [0.2, 0.25) is 0 Å². The molecule has 1 amide bonds. The third-order valence-electron chi connectivity index (χ3n) is 6.86. The third kappa shape index (κ3) is 5.89. The highest BCUT2D eigenvalue weighted by Crippen LogP contribution is 2.51. The second kappa shape index (κ2) is 11.0. The smallest absolute Gasteiger partial charge is 0.369 e. The summed E-state index contributed by atoms with van der Waals surface area (Å²) in [4.78, 5) is 16.3. The quantitative estimate of drug-likeness (QED) is 0.387. The molecule has 1 aliphatic rings. The molecule has 1 atom stereocenters. The molecular formula is C27H25F6N3O4S. The number of aromatic nitrogens is 1. The maximum absolute atomic E-state index is 13.8. The Morgan fingerprint density at radius 2 is 1.61 bits per heavy atom. The van der Waals surface area contributed by atoms with Crippen LogP contribution >= 0.6 is 0 Å². The van der Waals surface area contributed by atoms with Crippen LogP contribution in [0.5, 0.6) is 0 Å². The standard InChI is InChI=1S/C27H25F6N3O4S/c1-17-2-7-22(8-3-17)41(39,40)36-21(16-35-24(37)14-18-10-12-34-13-11-18)6-4-19-15-20(5-9-23(19)36)25(38,26(28,29)30)27(31,32)33/h2-3,5,7-13,15,21,38H,4,6,14,16H2,1H3,(H,35,37)/t21-/m0/s1. The number of benzene rings is 2. The molecule has 7 nitrogen and oxygen atoms in total. The number of nitrogens with one attached hydrogen (secondary N) is 1. The fraction of sp³-hybridized carbons (Fsp3) is 0.333. The maximum Gasteiger partial charge on any atom is 0.430 e. The van der Waals surface area contributed by atoms with Gasteiger partial charge in [0.05, 0.1) is 23.0 Å². The van der Waals surface area contributed by atoms with Gasteiger partial charge in [0.1, 0.15) is 0 Å². The highest BCUT2D eigenvalue weighted by Gasteiger charge is 2.71. The molecular weight excluding hydrogens is 576 g/mol. The van der Waals surface area contributed by atoms with Gasteiger partial charge in [-0.3, -0.25) is 14.1 Å². The molecule has 0 unspecified atom stereocenters. The number of halogens is 6. The Labute approximate surface area is 231 Å². The van der Waals surface area contributed by atoms with Gasteiger partial charge in [0.15, 0.2) is 0 Å². The first-order chi connectivity index (χ1) is 19.1. The monoisotopic (exact) mass is 601 g/mol. The Hall–Kier alpha value is -3.65. The van der Waals surface area contributed by atoms with E-state index in [0.29, 0.717) is 17.7 Å². The third-order valence-corrected chi connectivity index (χ3v) is 8.74. The number of rotatable bonds is 7. The topological polar surface area (TPSA) is 99.6 Å². The van der Waals surface area contributed by atoms with E-state index >= 15 is 0 Å². The van der Waals surface area contributed by atoms with Gasteiger partial charge in [0, 0.05) is 24.5 Å². The summed E-state index contributed by atoms with van der Waals surface area (Å²) < 4.78 is 110. The van der Waals surface area contributed by atoms with Crippen molar-refractivity contribution in [1.82, 2.24) is 10.3 Å². The average molecular weight is 602 g/mol. The fourth-order valence-electron chi connectivity index (χ4n) is 4.66. The van der Waals surface area contributed by atoms with Crippen molar-refractivity contribution in [2.75, 3.05) is 10.8 Å². The lowest BCUT2D eigenvalue weighted by Gasteiger charge is -2.39. The van der Waals surface area contributed by atoms with Crippen molar-refractivity contribution in [2.45, 2.75) is 55.1 Å². The number of anilines is 1. The van der Waals surface area contributed by atoms with Gasteiger partial charge in [0.2, 0.25) is 5.91 Å². The largest absolute Gasteiger partial charge is 0.430 e. The van der Waals surface area contributed by atoms with Crippen molar-refractivity contribution in [3.8, 4) is 0 Å². The van der Waals surface area contributed by atoms with E-state index in [0.717, 1.165) is 15.9 Å². The molecule has 0 fully saturated rings. The van der Waals surface area contributed by atoms with Gasteiger partial charge >= 0.3 is 12.4 Å². The molecule has 2 heterocycles. The van der Waals surface area contributed by atoms with E-state index in [1.807, 2.05) is 0 Å². The first-order valence-corrected chi connectivity index (χ1v) is 13.8. The van der Waals surface area contributed by atoms with E-state index < -0.39 is 45.5 Å². The number of alkyl halides is 6. The summed E-state index contributed by atoms with van der Waals surface area (Å²) in [6.07, 6.45) is -9.35. The van der Waals surface area contributed by atoms with E-state index in [1.54, 1.807) is 31.2 Å². The number of nitrogens with zero attached hydrogens (tertiary/aromatic N) is 2. The summed E-state index contributed by atoms with van der Waals surface area (Å²) in [5.74, 6) is -0.426. The molecule has 0 saturated heterocycles. The normalized spacial score (nSPS) is 16.3. The molecule has 14 heteroatoms. The van der Waals surface area contributed by atoms with Gasteiger partial charge in [-0.05, 0) is 61.2 Å². The number of hydrogen-bond acceptors (Lipinski definition) is 5. The van der Waals surface area contributed by atoms with Crippen molar-refractivity contribution in [2.24, 2.45) is 0 Å². The molecule has 220 valence electrons. The van der Waals surface area contributed by atoms with E-state index in [2.05, 4.69) is 10.3 Å². The summed E-state index contributed by atoms with van der Waals surface area (Å²) in [5, 5.41) is 12.5. The summed E-state index contributed by atoms with van der Waals surface area (Å²) in [6.45, 7) is 1.56. The number of aryl methyl sites for hydroxylation is 2. The van der Waals surface area contributed by atoms with Crippen LogP contribution in [0.4, 0.5) is 32.0 Å². The Balaban J connectivity index is 1.73. The van der Waals surface area contributed by atoms with Crippen LogP contribution in [-0.2, 0) is 33.3 Å². The van der Waals surface area contributed by atoms with Gasteiger partial charge in [-0.25, -0.2) is 8.42 Å². The van der Waals surface area contributed by atoms with E-state index in [-0.39, 0.29) is 42.0 Å².